The van der Waals surface area contributed by atoms with Gasteiger partial charge in [0.05, 0.1) is 18.5 Å². The van der Waals surface area contributed by atoms with Gasteiger partial charge < -0.3 is 15.8 Å². The van der Waals surface area contributed by atoms with E-state index in [1.54, 1.807) is 24.3 Å². The minimum atomic E-state index is -4.81. The van der Waals surface area contributed by atoms with Crippen molar-refractivity contribution in [3.8, 4) is 28.1 Å². The van der Waals surface area contributed by atoms with Gasteiger partial charge in [-0.1, -0.05) is 24.3 Å². The Labute approximate surface area is 221 Å². The van der Waals surface area contributed by atoms with Gasteiger partial charge in [0, 0.05) is 10.9 Å². The molecular formula is C26H17F4N5O3S. The predicted octanol–water partition coefficient (Wildman–Crippen LogP) is 5.87. The first-order valence-electron chi connectivity index (χ1n) is 11.2. The van der Waals surface area contributed by atoms with Crippen molar-refractivity contribution in [3.63, 3.8) is 0 Å². The smallest absolute Gasteiger partial charge is 0.433 e. The van der Waals surface area contributed by atoms with Gasteiger partial charge in [0.2, 0.25) is 0 Å². The molecule has 39 heavy (non-hydrogen) atoms. The second kappa shape index (κ2) is 9.83. The molecule has 2 aromatic carbocycles. The molecule has 8 nitrogen and oxygen atoms in total. The van der Waals surface area contributed by atoms with Gasteiger partial charge in [-0.15, -0.1) is 11.3 Å². The number of aromatic nitrogens is 3. The molecule has 2 amide bonds. The van der Waals surface area contributed by atoms with Crippen molar-refractivity contribution in [1.82, 2.24) is 15.2 Å². The first-order chi connectivity index (χ1) is 18.5. The molecule has 0 bridgehead atoms. The molecule has 5 rings (SSSR count). The summed E-state index contributed by atoms with van der Waals surface area (Å²) >= 11 is 0.603. The van der Waals surface area contributed by atoms with Gasteiger partial charge in [-0.25, -0.2) is 9.37 Å². The van der Waals surface area contributed by atoms with Crippen molar-refractivity contribution in [2.75, 3.05) is 12.4 Å². The van der Waals surface area contributed by atoms with Gasteiger partial charge in [0.15, 0.2) is 0 Å². The second-order valence-corrected chi connectivity index (χ2v) is 9.26. The number of nitrogens with one attached hydrogen (secondary N) is 2. The molecular weight excluding hydrogens is 538 g/mol. The number of halogens is 4. The molecule has 0 saturated carbocycles. The number of anilines is 1. The fourth-order valence-electron chi connectivity index (χ4n) is 3.94. The van der Waals surface area contributed by atoms with Crippen LogP contribution in [0.3, 0.4) is 0 Å². The number of thiophene rings is 1. The van der Waals surface area contributed by atoms with E-state index in [2.05, 4.69) is 20.5 Å². The van der Waals surface area contributed by atoms with Gasteiger partial charge in [-0.3, -0.25) is 14.7 Å². The van der Waals surface area contributed by atoms with Crippen LogP contribution in [0, 0.1) is 5.82 Å². The van der Waals surface area contributed by atoms with Gasteiger partial charge in [-0.05, 0) is 47.5 Å². The van der Waals surface area contributed by atoms with E-state index in [-0.39, 0.29) is 37.6 Å². The standard InChI is InChI=1S/C26H17F4N5O3S/c1-38-15-4-2-3-13(9-15)17-11-18(35-34-17)24(37)33-21-20-16(12-5-7-14(27)8-6-12)10-19(26(28,29)30)32-25(20)39-22(21)23(31)36/h2-11H,1H3,(H2,31,36)(H,33,37)(H,34,35). The van der Waals surface area contributed by atoms with Crippen LogP contribution in [-0.4, -0.2) is 34.1 Å². The van der Waals surface area contributed by atoms with Crippen molar-refractivity contribution in [3.05, 3.63) is 82.7 Å². The molecule has 198 valence electrons. The Balaban J connectivity index is 1.62. The van der Waals surface area contributed by atoms with Crippen molar-refractivity contribution < 1.29 is 31.9 Å². The lowest BCUT2D eigenvalue weighted by molar-refractivity contribution is -0.140. The molecule has 0 aliphatic rings. The maximum Gasteiger partial charge on any atom is 0.433 e. The van der Waals surface area contributed by atoms with Crippen LogP contribution in [0.4, 0.5) is 23.2 Å². The Bertz CT molecular complexity index is 1730. The Morgan fingerprint density at radius 2 is 1.79 bits per heavy atom. The predicted molar refractivity (Wildman–Crippen MR) is 137 cm³/mol. The van der Waals surface area contributed by atoms with E-state index >= 15 is 0 Å². The Kier molecular flexibility index (Phi) is 6.52. The Hall–Kier alpha value is -4.78. The molecule has 3 heterocycles. The van der Waals surface area contributed by atoms with Crippen molar-refractivity contribution in [2.45, 2.75) is 6.18 Å². The summed E-state index contributed by atoms with van der Waals surface area (Å²) in [6.07, 6.45) is -4.81. The van der Waals surface area contributed by atoms with E-state index in [0.29, 0.717) is 28.3 Å². The number of hydrogen-bond acceptors (Lipinski definition) is 6. The normalized spacial score (nSPS) is 11.5. The van der Waals surface area contributed by atoms with E-state index in [0.717, 1.165) is 18.2 Å². The van der Waals surface area contributed by atoms with Gasteiger partial charge >= 0.3 is 6.18 Å². The topological polar surface area (TPSA) is 123 Å². The summed E-state index contributed by atoms with van der Waals surface area (Å²) in [5, 5.41) is 9.38. The summed E-state index contributed by atoms with van der Waals surface area (Å²) in [5.41, 5.74) is 5.46. The van der Waals surface area contributed by atoms with Crippen LogP contribution in [0.2, 0.25) is 0 Å². The molecule has 4 N–H and O–H groups in total. The number of methoxy groups -OCH3 is 1. The highest BCUT2D eigenvalue weighted by atomic mass is 32.1. The van der Waals surface area contributed by atoms with Gasteiger partial charge in [0.25, 0.3) is 11.8 Å². The number of alkyl halides is 3. The molecule has 0 radical (unpaired) electrons. The molecule has 0 unspecified atom stereocenters. The molecule has 0 atom stereocenters. The van der Waals surface area contributed by atoms with E-state index in [9.17, 15) is 27.2 Å². The third-order valence-electron chi connectivity index (χ3n) is 5.76. The van der Waals surface area contributed by atoms with Crippen LogP contribution in [0.15, 0.2) is 60.7 Å². The average Bonchev–Trinajstić information content (AvgIpc) is 3.54. The number of hydrogen-bond donors (Lipinski definition) is 3. The minimum absolute atomic E-state index is 0.00536. The van der Waals surface area contributed by atoms with Crippen LogP contribution < -0.4 is 15.8 Å². The molecule has 0 saturated heterocycles. The Morgan fingerprint density at radius 3 is 2.46 bits per heavy atom. The SMILES string of the molecule is COc1cccc(-c2cc(C(=O)Nc3c(C(N)=O)sc4nc(C(F)(F)F)cc(-c5ccc(F)cc5)c34)[nH]n2)c1. The highest BCUT2D eigenvalue weighted by molar-refractivity contribution is 7.21. The van der Waals surface area contributed by atoms with Crippen LogP contribution >= 0.6 is 11.3 Å². The summed E-state index contributed by atoms with van der Waals surface area (Å²) in [7, 11) is 1.51. The zero-order valence-electron chi connectivity index (χ0n) is 19.9. The number of nitrogens with zero attached hydrogens (tertiary/aromatic N) is 2. The van der Waals surface area contributed by atoms with E-state index in [1.807, 2.05) is 0 Å². The number of pyridine rings is 1. The first kappa shape index (κ1) is 25.9. The number of nitrogens with two attached hydrogens (primary N) is 1. The summed E-state index contributed by atoms with van der Waals surface area (Å²) in [5.74, 6) is -1.73. The lowest BCUT2D eigenvalue weighted by Gasteiger charge is -2.12. The first-order valence-corrected chi connectivity index (χ1v) is 12.0. The number of carbonyl (C=O) groups is 2. The molecule has 3 aromatic heterocycles. The van der Waals surface area contributed by atoms with Crippen molar-refractivity contribution in [2.24, 2.45) is 5.73 Å². The number of aromatic amines is 1. The summed E-state index contributed by atoms with van der Waals surface area (Å²) in [6, 6.07) is 13.9. The number of carbonyl (C=O) groups excluding carboxylic acids is 2. The summed E-state index contributed by atoms with van der Waals surface area (Å²) in [6.45, 7) is 0. The summed E-state index contributed by atoms with van der Waals surface area (Å²) < 4.78 is 59.8. The third-order valence-corrected chi connectivity index (χ3v) is 6.86. The monoisotopic (exact) mass is 555 g/mol. The van der Waals surface area contributed by atoms with E-state index < -0.39 is 29.5 Å². The van der Waals surface area contributed by atoms with Crippen molar-refractivity contribution in [1.29, 1.82) is 0 Å². The molecule has 0 fully saturated rings. The average molecular weight is 556 g/mol. The van der Waals surface area contributed by atoms with Gasteiger partial charge in [0.1, 0.15) is 32.7 Å². The quantitative estimate of drug-likeness (QED) is 0.226. The maximum absolute atomic E-state index is 13.7. The zero-order valence-corrected chi connectivity index (χ0v) is 20.7. The highest BCUT2D eigenvalue weighted by Gasteiger charge is 2.35. The third kappa shape index (κ3) is 5.03. The van der Waals surface area contributed by atoms with Crippen molar-refractivity contribution >= 4 is 39.1 Å². The van der Waals surface area contributed by atoms with Crippen LogP contribution in [0.1, 0.15) is 25.9 Å². The number of benzene rings is 2. The fourth-order valence-corrected chi connectivity index (χ4v) is 4.95. The van der Waals surface area contributed by atoms with E-state index in [1.165, 1.54) is 25.3 Å². The van der Waals surface area contributed by atoms with Crippen LogP contribution in [0.25, 0.3) is 32.6 Å². The number of amides is 2. The number of fused-ring (bicyclic) bond motifs is 1. The largest absolute Gasteiger partial charge is 0.497 e. The number of ether oxygens (including phenoxy) is 1. The molecule has 0 aliphatic heterocycles. The highest BCUT2D eigenvalue weighted by Crippen LogP contribution is 2.43. The van der Waals surface area contributed by atoms with Crippen LogP contribution in [-0.2, 0) is 6.18 Å². The second-order valence-electron chi connectivity index (χ2n) is 8.26. The molecule has 13 heteroatoms. The summed E-state index contributed by atoms with van der Waals surface area (Å²) in [4.78, 5) is 28.8. The molecule has 0 spiro atoms. The maximum atomic E-state index is 13.7. The van der Waals surface area contributed by atoms with Crippen LogP contribution in [0.5, 0.6) is 5.75 Å². The fraction of sp³-hybridized carbons (Fsp3) is 0.0769. The number of H-pyrrole nitrogens is 1. The number of primary amides is 1. The molecule has 0 aliphatic carbocycles. The minimum Gasteiger partial charge on any atom is -0.497 e. The molecule has 5 aromatic rings. The van der Waals surface area contributed by atoms with Gasteiger partial charge in [-0.2, -0.15) is 18.3 Å². The Morgan fingerprint density at radius 1 is 1.05 bits per heavy atom. The lowest BCUT2D eigenvalue weighted by Crippen LogP contribution is -2.17. The number of rotatable bonds is 6. The zero-order chi connectivity index (χ0) is 27.9. The lowest BCUT2D eigenvalue weighted by atomic mass is 10.0. The van der Waals surface area contributed by atoms with E-state index in [4.69, 9.17) is 10.5 Å².